The fourth-order valence-corrected chi connectivity index (χ4v) is 4.70. The first kappa shape index (κ1) is 12.3. The van der Waals surface area contributed by atoms with Crippen molar-refractivity contribution in [2.45, 2.75) is 53.1 Å². The maximum Gasteiger partial charge on any atom is 0.303 e. The molecule has 3 aliphatic carbocycles. The molecule has 0 aromatic heterocycles. The standard InChI is InChI=1S/C16H24O2/c1-9-5-6-14-15(16(14,3)4)13-8-11(7-12(9)13)18-10(2)17/h7,9,11,13-15H,5-6,8H2,1-4H3/t9-,11+,13-,14-,15+/m1/s1. The molecule has 0 aliphatic heterocycles. The fraction of sp³-hybridized carbons (Fsp3) is 0.812. The predicted molar refractivity (Wildman–Crippen MR) is 70.9 cm³/mol. The fourth-order valence-electron chi connectivity index (χ4n) is 4.70. The lowest BCUT2D eigenvalue weighted by atomic mass is 9.84. The molecule has 18 heavy (non-hydrogen) atoms. The van der Waals surface area contributed by atoms with Gasteiger partial charge >= 0.3 is 5.97 Å². The molecule has 0 spiro atoms. The summed E-state index contributed by atoms with van der Waals surface area (Å²) in [6.07, 6.45) is 6.02. The van der Waals surface area contributed by atoms with Crippen molar-refractivity contribution in [1.82, 2.24) is 0 Å². The molecule has 2 heteroatoms. The van der Waals surface area contributed by atoms with Gasteiger partial charge in [-0.15, -0.1) is 0 Å². The van der Waals surface area contributed by atoms with Gasteiger partial charge in [0.15, 0.2) is 0 Å². The molecule has 0 saturated heterocycles. The highest BCUT2D eigenvalue weighted by molar-refractivity contribution is 5.66. The third-order valence-electron chi connectivity index (χ3n) is 5.66. The number of carbonyl (C=O) groups is 1. The van der Waals surface area contributed by atoms with Gasteiger partial charge in [-0.05, 0) is 54.4 Å². The molecule has 0 aromatic rings. The van der Waals surface area contributed by atoms with E-state index in [9.17, 15) is 4.79 Å². The minimum atomic E-state index is -0.146. The normalized spacial score (nSPS) is 44.4. The Bertz CT molecular complexity index is 407. The second-order valence-corrected chi connectivity index (χ2v) is 7.09. The van der Waals surface area contributed by atoms with Crippen LogP contribution in [0.1, 0.15) is 47.0 Å². The number of hydrogen-bond acceptors (Lipinski definition) is 2. The van der Waals surface area contributed by atoms with Crippen LogP contribution in [-0.4, -0.2) is 12.1 Å². The monoisotopic (exact) mass is 248 g/mol. The van der Waals surface area contributed by atoms with Gasteiger partial charge in [0.05, 0.1) is 0 Å². The first-order chi connectivity index (χ1) is 8.41. The third-order valence-corrected chi connectivity index (χ3v) is 5.66. The summed E-state index contributed by atoms with van der Waals surface area (Å²) in [4.78, 5) is 11.1. The van der Waals surface area contributed by atoms with Gasteiger partial charge in [0.2, 0.25) is 0 Å². The summed E-state index contributed by atoms with van der Waals surface area (Å²) >= 11 is 0. The molecule has 5 atom stereocenters. The maximum absolute atomic E-state index is 11.1. The molecule has 0 N–H and O–H groups in total. The topological polar surface area (TPSA) is 26.3 Å². The SMILES string of the molecule is CC(=O)O[C@H]1C=C2[C@H](C)CC[C@@H]3[C@H]([C@@H]2C1)C3(C)C. The van der Waals surface area contributed by atoms with Gasteiger partial charge in [-0.25, -0.2) is 0 Å². The molecule has 2 fully saturated rings. The minimum Gasteiger partial charge on any atom is -0.458 e. The van der Waals surface area contributed by atoms with E-state index in [1.165, 1.54) is 19.8 Å². The van der Waals surface area contributed by atoms with Crippen LogP contribution in [0.15, 0.2) is 11.6 Å². The molecule has 0 radical (unpaired) electrons. The number of hydrogen-bond donors (Lipinski definition) is 0. The zero-order chi connectivity index (χ0) is 13.1. The van der Waals surface area contributed by atoms with Gasteiger partial charge in [0.25, 0.3) is 0 Å². The van der Waals surface area contributed by atoms with E-state index in [0.717, 1.165) is 18.3 Å². The van der Waals surface area contributed by atoms with Gasteiger partial charge in [0.1, 0.15) is 6.10 Å². The largest absolute Gasteiger partial charge is 0.458 e. The Morgan fingerprint density at radius 2 is 2.11 bits per heavy atom. The molecule has 3 aliphatic rings. The van der Waals surface area contributed by atoms with Crippen molar-refractivity contribution in [1.29, 1.82) is 0 Å². The smallest absolute Gasteiger partial charge is 0.303 e. The highest BCUT2D eigenvalue weighted by Gasteiger charge is 2.62. The van der Waals surface area contributed by atoms with Crippen LogP contribution in [0.2, 0.25) is 0 Å². The molecular weight excluding hydrogens is 224 g/mol. The first-order valence-electron chi connectivity index (χ1n) is 7.30. The van der Waals surface area contributed by atoms with Crippen LogP contribution >= 0.6 is 0 Å². The lowest BCUT2D eigenvalue weighted by Gasteiger charge is -2.21. The van der Waals surface area contributed by atoms with E-state index >= 15 is 0 Å². The molecule has 100 valence electrons. The maximum atomic E-state index is 11.1. The average Bonchev–Trinajstić information content (AvgIpc) is 2.62. The number of fused-ring (bicyclic) bond motifs is 3. The molecule has 2 saturated carbocycles. The molecule has 3 rings (SSSR count). The zero-order valence-electron chi connectivity index (χ0n) is 11.9. The van der Waals surface area contributed by atoms with Crippen molar-refractivity contribution in [3.05, 3.63) is 11.6 Å². The van der Waals surface area contributed by atoms with Gasteiger partial charge < -0.3 is 4.74 Å². The van der Waals surface area contributed by atoms with Crippen LogP contribution < -0.4 is 0 Å². The Kier molecular flexibility index (Phi) is 2.62. The van der Waals surface area contributed by atoms with E-state index in [1.807, 2.05) is 0 Å². The van der Waals surface area contributed by atoms with Crippen molar-refractivity contribution in [2.24, 2.45) is 29.1 Å². The van der Waals surface area contributed by atoms with Crippen molar-refractivity contribution in [2.75, 3.05) is 0 Å². The number of carbonyl (C=O) groups excluding carboxylic acids is 1. The quantitative estimate of drug-likeness (QED) is 0.524. The molecule has 2 nitrogen and oxygen atoms in total. The lowest BCUT2D eigenvalue weighted by Crippen LogP contribution is -2.15. The summed E-state index contributed by atoms with van der Waals surface area (Å²) in [5.74, 6) is 2.93. The van der Waals surface area contributed by atoms with E-state index in [1.54, 1.807) is 5.57 Å². The van der Waals surface area contributed by atoms with Crippen molar-refractivity contribution in [3.8, 4) is 0 Å². The van der Waals surface area contributed by atoms with Gasteiger partial charge in [-0.3, -0.25) is 4.79 Å². The first-order valence-corrected chi connectivity index (χ1v) is 7.30. The molecule has 0 bridgehead atoms. The van der Waals surface area contributed by atoms with E-state index in [0.29, 0.717) is 17.3 Å². The summed E-state index contributed by atoms with van der Waals surface area (Å²) in [6.45, 7) is 8.68. The molecule has 0 amide bonds. The number of esters is 1. The van der Waals surface area contributed by atoms with Gasteiger partial charge in [-0.1, -0.05) is 26.3 Å². The lowest BCUT2D eigenvalue weighted by molar-refractivity contribution is -0.144. The number of allylic oxidation sites excluding steroid dienone is 1. The van der Waals surface area contributed by atoms with Crippen molar-refractivity contribution in [3.63, 3.8) is 0 Å². The molecule has 0 unspecified atom stereocenters. The van der Waals surface area contributed by atoms with E-state index in [2.05, 4.69) is 26.8 Å². The second-order valence-electron chi connectivity index (χ2n) is 7.09. The summed E-state index contributed by atoms with van der Waals surface area (Å²) < 4.78 is 5.41. The van der Waals surface area contributed by atoms with Gasteiger partial charge in [-0.2, -0.15) is 0 Å². The van der Waals surface area contributed by atoms with Crippen LogP contribution in [0.25, 0.3) is 0 Å². The predicted octanol–water partition coefficient (Wildman–Crippen LogP) is 3.57. The van der Waals surface area contributed by atoms with Crippen LogP contribution in [-0.2, 0) is 9.53 Å². The van der Waals surface area contributed by atoms with Crippen LogP contribution in [0.4, 0.5) is 0 Å². The number of rotatable bonds is 1. The summed E-state index contributed by atoms with van der Waals surface area (Å²) in [5.41, 5.74) is 2.09. The molecule has 0 heterocycles. The summed E-state index contributed by atoms with van der Waals surface area (Å²) in [6, 6.07) is 0. The van der Waals surface area contributed by atoms with E-state index in [4.69, 9.17) is 4.74 Å². The highest BCUT2D eigenvalue weighted by Crippen LogP contribution is 2.68. The minimum absolute atomic E-state index is 0.0418. The van der Waals surface area contributed by atoms with Gasteiger partial charge in [0, 0.05) is 6.92 Å². The number of ether oxygens (including phenoxy) is 1. The zero-order valence-corrected chi connectivity index (χ0v) is 11.9. The van der Waals surface area contributed by atoms with Crippen LogP contribution in [0, 0.1) is 29.1 Å². The Labute approximate surface area is 110 Å². The van der Waals surface area contributed by atoms with Crippen LogP contribution in [0.3, 0.4) is 0 Å². The van der Waals surface area contributed by atoms with Crippen LogP contribution in [0.5, 0.6) is 0 Å². The Morgan fingerprint density at radius 1 is 1.39 bits per heavy atom. The summed E-state index contributed by atoms with van der Waals surface area (Å²) in [5, 5.41) is 0. The third kappa shape index (κ3) is 1.72. The second kappa shape index (κ2) is 3.85. The molecular formula is C16H24O2. The Balaban J connectivity index is 1.83. The average molecular weight is 248 g/mol. The molecule has 0 aromatic carbocycles. The van der Waals surface area contributed by atoms with E-state index < -0.39 is 0 Å². The highest BCUT2D eigenvalue weighted by atomic mass is 16.5. The Morgan fingerprint density at radius 3 is 2.78 bits per heavy atom. The summed E-state index contributed by atoms with van der Waals surface area (Å²) in [7, 11) is 0. The van der Waals surface area contributed by atoms with E-state index in [-0.39, 0.29) is 12.1 Å². The van der Waals surface area contributed by atoms with Crippen molar-refractivity contribution >= 4 is 5.97 Å². The van der Waals surface area contributed by atoms with Crippen molar-refractivity contribution < 1.29 is 9.53 Å². The Hall–Kier alpha value is -0.790.